The number of phenolic OH excluding ortho intramolecular Hbond substituents is 1. The molecule has 0 aliphatic carbocycles. The van der Waals surface area contributed by atoms with Crippen LogP contribution in [0.15, 0.2) is 41.5 Å². The summed E-state index contributed by atoms with van der Waals surface area (Å²) >= 11 is 0. The second-order valence-electron chi connectivity index (χ2n) is 6.42. The Kier molecular flexibility index (Phi) is 7.23. The molecule has 2 aromatic rings. The number of rotatable bonds is 8. The summed E-state index contributed by atoms with van der Waals surface area (Å²) in [6, 6.07) is 10.8. The first-order chi connectivity index (χ1) is 12.9. The Balaban J connectivity index is 1.90. The number of aromatic hydroxyl groups is 1. The van der Waals surface area contributed by atoms with Gasteiger partial charge in [-0.05, 0) is 60.7 Å². The molecule has 0 aromatic heterocycles. The number of hydrazone groups is 1. The summed E-state index contributed by atoms with van der Waals surface area (Å²) < 4.78 is 10.9. The van der Waals surface area contributed by atoms with Gasteiger partial charge in [0.1, 0.15) is 5.75 Å². The van der Waals surface area contributed by atoms with Gasteiger partial charge in [0.05, 0.1) is 12.8 Å². The highest BCUT2D eigenvalue weighted by Crippen LogP contribution is 2.26. The minimum atomic E-state index is -0.357. The standard InChI is InChI=1S/C21H26N2O4/c1-5-26-20-10-16(7-9-18(20)24)12-22-23-21(25)13-27-19-11-17(14(2)3)8-6-15(19)4/h6-12,14,24H,5,13H2,1-4H3,(H,23,25). The predicted octanol–water partition coefficient (Wildman–Crippen LogP) is 3.75. The monoisotopic (exact) mass is 370 g/mol. The first kappa shape index (κ1) is 20.3. The molecule has 0 heterocycles. The van der Waals surface area contributed by atoms with E-state index in [2.05, 4.69) is 30.4 Å². The zero-order chi connectivity index (χ0) is 19.8. The lowest BCUT2D eigenvalue weighted by molar-refractivity contribution is -0.123. The zero-order valence-electron chi connectivity index (χ0n) is 16.2. The van der Waals surface area contributed by atoms with Gasteiger partial charge in [-0.1, -0.05) is 26.0 Å². The molecule has 0 saturated carbocycles. The summed E-state index contributed by atoms with van der Waals surface area (Å²) in [4.78, 5) is 11.9. The summed E-state index contributed by atoms with van der Waals surface area (Å²) in [5.41, 5.74) is 5.25. The minimum absolute atomic E-state index is 0.0606. The van der Waals surface area contributed by atoms with Crippen LogP contribution in [0.1, 0.15) is 43.4 Å². The van der Waals surface area contributed by atoms with Crippen molar-refractivity contribution in [1.82, 2.24) is 5.43 Å². The molecule has 144 valence electrons. The summed E-state index contributed by atoms with van der Waals surface area (Å²) in [6.45, 7) is 8.31. The quantitative estimate of drug-likeness (QED) is 0.548. The van der Waals surface area contributed by atoms with Gasteiger partial charge >= 0.3 is 0 Å². The third-order valence-corrected chi connectivity index (χ3v) is 3.92. The van der Waals surface area contributed by atoms with Crippen molar-refractivity contribution in [3.63, 3.8) is 0 Å². The molecule has 0 aliphatic heterocycles. The Bertz CT molecular complexity index is 816. The molecule has 0 fully saturated rings. The Labute approximate surface area is 159 Å². The predicted molar refractivity (Wildman–Crippen MR) is 106 cm³/mol. The van der Waals surface area contributed by atoms with Crippen LogP contribution in [0.3, 0.4) is 0 Å². The molecule has 1 amide bonds. The van der Waals surface area contributed by atoms with Gasteiger partial charge in [0.25, 0.3) is 5.91 Å². The summed E-state index contributed by atoms with van der Waals surface area (Å²) in [5, 5.41) is 13.6. The van der Waals surface area contributed by atoms with Crippen LogP contribution in [0.4, 0.5) is 0 Å². The average Bonchev–Trinajstić information content (AvgIpc) is 2.63. The molecule has 0 spiro atoms. The highest BCUT2D eigenvalue weighted by Gasteiger charge is 2.07. The van der Waals surface area contributed by atoms with Gasteiger partial charge in [0, 0.05) is 0 Å². The van der Waals surface area contributed by atoms with Gasteiger partial charge < -0.3 is 14.6 Å². The van der Waals surface area contributed by atoms with E-state index in [0.29, 0.717) is 29.6 Å². The van der Waals surface area contributed by atoms with E-state index in [9.17, 15) is 9.90 Å². The van der Waals surface area contributed by atoms with Crippen molar-refractivity contribution in [1.29, 1.82) is 0 Å². The van der Waals surface area contributed by atoms with Crippen molar-refractivity contribution >= 4 is 12.1 Å². The van der Waals surface area contributed by atoms with Gasteiger partial charge in [-0.25, -0.2) is 5.43 Å². The maximum atomic E-state index is 11.9. The van der Waals surface area contributed by atoms with Crippen LogP contribution in [0.2, 0.25) is 0 Å². The lowest BCUT2D eigenvalue weighted by atomic mass is 10.0. The largest absolute Gasteiger partial charge is 0.504 e. The van der Waals surface area contributed by atoms with E-state index in [4.69, 9.17) is 9.47 Å². The van der Waals surface area contributed by atoms with Crippen molar-refractivity contribution in [3.8, 4) is 17.2 Å². The Morgan fingerprint density at radius 1 is 1.19 bits per heavy atom. The highest BCUT2D eigenvalue weighted by molar-refractivity contribution is 5.83. The van der Waals surface area contributed by atoms with Crippen LogP contribution in [-0.4, -0.2) is 30.4 Å². The molecule has 6 nitrogen and oxygen atoms in total. The van der Waals surface area contributed by atoms with Crippen LogP contribution in [0, 0.1) is 6.92 Å². The molecule has 2 aromatic carbocycles. The third-order valence-electron chi connectivity index (χ3n) is 3.92. The third kappa shape index (κ3) is 6.02. The Morgan fingerprint density at radius 2 is 1.96 bits per heavy atom. The molecule has 0 radical (unpaired) electrons. The van der Waals surface area contributed by atoms with Gasteiger partial charge in [0.15, 0.2) is 18.1 Å². The molecule has 2 N–H and O–H groups in total. The number of phenols is 1. The second-order valence-corrected chi connectivity index (χ2v) is 6.42. The normalized spacial score (nSPS) is 11.0. The topological polar surface area (TPSA) is 80.2 Å². The van der Waals surface area contributed by atoms with Gasteiger partial charge in [-0.3, -0.25) is 4.79 Å². The minimum Gasteiger partial charge on any atom is -0.504 e. The lowest BCUT2D eigenvalue weighted by Crippen LogP contribution is -2.24. The SMILES string of the molecule is CCOc1cc(C=NNC(=O)COc2cc(C(C)C)ccc2C)ccc1O. The van der Waals surface area contributed by atoms with Crippen molar-refractivity contribution in [2.45, 2.75) is 33.6 Å². The van der Waals surface area contributed by atoms with E-state index < -0.39 is 0 Å². The smallest absolute Gasteiger partial charge is 0.277 e. The summed E-state index contributed by atoms with van der Waals surface area (Å²) in [7, 11) is 0. The van der Waals surface area contributed by atoms with Crippen molar-refractivity contribution in [3.05, 3.63) is 53.1 Å². The van der Waals surface area contributed by atoms with Crippen LogP contribution in [0.5, 0.6) is 17.2 Å². The fourth-order valence-corrected chi connectivity index (χ4v) is 2.37. The zero-order valence-corrected chi connectivity index (χ0v) is 16.2. The first-order valence-corrected chi connectivity index (χ1v) is 8.91. The van der Waals surface area contributed by atoms with Gasteiger partial charge in [-0.2, -0.15) is 5.10 Å². The molecule has 0 unspecified atom stereocenters. The van der Waals surface area contributed by atoms with Crippen molar-refractivity contribution in [2.24, 2.45) is 5.10 Å². The fraction of sp³-hybridized carbons (Fsp3) is 0.333. The molecule has 0 aliphatic rings. The molecule has 2 rings (SSSR count). The molecule has 6 heteroatoms. The van der Waals surface area contributed by atoms with Crippen LogP contribution in [0.25, 0.3) is 0 Å². The molecular weight excluding hydrogens is 344 g/mol. The van der Waals surface area contributed by atoms with Crippen LogP contribution < -0.4 is 14.9 Å². The van der Waals surface area contributed by atoms with Crippen molar-refractivity contribution < 1.29 is 19.4 Å². The maximum absolute atomic E-state index is 11.9. The highest BCUT2D eigenvalue weighted by atomic mass is 16.5. The number of hydrogen-bond acceptors (Lipinski definition) is 5. The van der Waals surface area contributed by atoms with E-state index in [0.717, 1.165) is 11.1 Å². The molecular formula is C21H26N2O4. The number of nitrogens with one attached hydrogen (secondary N) is 1. The average molecular weight is 370 g/mol. The van der Waals surface area contributed by atoms with Gasteiger partial charge in [-0.15, -0.1) is 0 Å². The van der Waals surface area contributed by atoms with E-state index in [-0.39, 0.29) is 18.3 Å². The molecule has 0 saturated heterocycles. The number of aryl methyl sites for hydroxylation is 1. The number of benzene rings is 2. The first-order valence-electron chi connectivity index (χ1n) is 8.91. The number of amides is 1. The van der Waals surface area contributed by atoms with E-state index >= 15 is 0 Å². The maximum Gasteiger partial charge on any atom is 0.277 e. The van der Waals surface area contributed by atoms with E-state index in [1.165, 1.54) is 12.3 Å². The molecule has 27 heavy (non-hydrogen) atoms. The van der Waals surface area contributed by atoms with Crippen molar-refractivity contribution in [2.75, 3.05) is 13.2 Å². The molecule has 0 bridgehead atoms. The van der Waals surface area contributed by atoms with E-state index in [1.54, 1.807) is 12.1 Å². The number of carbonyl (C=O) groups excluding carboxylic acids is 1. The Hall–Kier alpha value is -3.02. The summed E-state index contributed by atoms with van der Waals surface area (Å²) in [6.07, 6.45) is 1.48. The molecule has 0 atom stereocenters. The second kappa shape index (κ2) is 9.62. The lowest BCUT2D eigenvalue weighted by Gasteiger charge is -2.12. The fourth-order valence-electron chi connectivity index (χ4n) is 2.37. The van der Waals surface area contributed by atoms with Gasteiger partial charge in [0.2, 0.25) is 0 Å². The number of nitrogens with zero attached hydrogens (tertiary/aromatic N) is 1. The van der Waals surface area contributed by atoms with Crippen LogP contribution in [-0.2, 0) is 4.79 Å². The number of ether oxygens (including phenoxy) is 2. The number of carbonyl (C=O) groups is 1. The summed E-state index contributed by atoms with van der Waals surface area (Å²) in [5.74, 6) is 1.16. The van der Waals surface area contributed by atoms with E-state index in [1.807, 2.05) is 26.0 Å². The van der Waals surface area contributed by atoms with Crippen LogP contribution >= 0.6 is 0 Å². The Morgan fingerprint density at radius 3 is 2.67 bits per heavy atom. The number of hydrogen-bond donors (Lipinski definition) is 2.